The fraction of sp³-hybridized carbons (Fsp3) is 0.227. The number of aromatic nitrogens is 2. The Labute approximate surface area is 163 Å². The standard InChI is InChI=1S/C22H23N2S2/c1-14-11-19(16(3)25-14)21-22(20-12-15(2)26-17(20)4)24(13-23(21)5)18-9-7-6-8-10-18/h6-13H,1-5H3/q+1. The molecule has 4 rings (SSSR count). The number of para-hydroxylation sites is 1. The zero-order valence-electron chi connectivity index (χ0n) is 15.8. The Bertz CT molecular complexity index is 1080. The van der Waals surface area contributed by atoms with E-state index in [1.807, 2.05) is 22.7 Å². The Hall–Kier alpha value is -2.17. The summed E-state index contributed by atoms with van der Waals surface area (Å²) in [6, 6.07) is 15.3. The van der Waals surface area contributed by atoms with Gasteiger partial charge in [0.05, 0.1) is 7.05 Å². The van der Waals surface area contributed by atoms with Crippen molar-refractivity contribution in [3.8, 4) is 28.2 Å². The average molecular weight is 380 g/mol. The lowest BCUT2D eigenvalue weighted by molar-refractivity contribution is -0.659. The molecule has 0 amide bonds. The van der Waals surface area contributed by atoms with Gasteiger partial charge < -0.3 is 0 Å². The van der Waals surface area contributed by atoms with Gasteiger partial charge in [0.2, 0.25) is 6.33 Å². The molecule has 0 radical (unpaired) electrons. The van der Waals surface area contributed by atoms with Crippen molar-refractivity contribution in [1.82, 2.24) is 4.57 Å². The van der Waals surface area contributed by atoms with E-state index < -0.39 is 0 Å². The molecule has 0 unspecified atom stereocenters. The summed E-state index contributed by atoms with van der Waals surface area (Å²) in [4.78, 5) is 5.44. The second kappa shape index (κ2) is 6.53. The third kappa shape index (κ3) is 2.83. The van der Waals surface area contributed by atoms with Crippen molar-refractivity contribution in [3.63, 3.8) is 0 Å². The lowest BCUT2D eigenvalue weighted by Crippen LogP contribution is -2.27. The smallest absolute Gasteiger partial charge is 0.232 e. The molecule has 0 atom stereocenters. The summed E-state index contributed by atoms with van der Waals surface area (Å²) in [5.74, 6) is 0. The Balaban J connectivity index is 2.08. The molecule has 3 heterocycles. The summed E-state index contributed by atoms with van der Waals surface area (Å²) in [7, 11) is 2.15. The van der Waals surface area contributed by atoms with Crippen LogP contribution < -0.4 is 4.57 Å². The molecule has 0 saturated heterocycles. The van der Waals surface area contributed by atoms with Crippen molar-refractivity contribution in [2.24, 2.45) is 7.05 Å². The van der Waals surface area contributed by atoms with Crippen LogP contribution in [0.3, 0.4) is 0 Å². The number of aryl methyl sites for hydroxylation is 5. The molecule has 0 aliphatic heterocycles. The molecule has 0 aliphatic carbocycles. The highest BCUT2D eigenvalue weighted by Crippen LogP contribution is 2.40. The van der Waals surface area contributed by atoms with Crippen LogP contribution in [-0.2, 0) is 7.05 Å². The SMILES string of the molecule is Cc1cc(-c2c(-c3cc(C)sc3C)[n+](C)cn2-c2ccccc2)c(C)s1. The van der Waals surface area contributed by atoms with Gasteiger partial charge in [-0.2, -0.15) is 4.57 Å². The maximum Gasteiger partial charge on any atom is 0.249 e. The molecule has 0 aliphatic rings. The second-order valence-electron chi connectivity index (χ2n) is 6.78. The summed E-state index contributed by atoms with van der Waals surface area (Å²) in [5.41, 5.74) is 6.42. The van der Waals surface area contributed by atoms with Gasteiger partial charge in [-0.1, -0.05) is 18.2 Å². The van der Waals surface area contributed by atoms with E-state index >= 15 is 0 Å². The van der Waals surface area contributed by atoms with Gasteiger partial charge in [-0.15, -0.1) is 22.7 Å². The summed E-state index contributed by atoms with van der Waals surface area (Å²) >= 11 is 3.74. The van der Waals surface area contributed by atoms with Crippen LogP contribution in [0.1, 0.15) is 19.5 Å². The molecule has 0 N–H and O–H groups in total. The van der Waals surface area contributed by atoms with Crippen molar-refractivity contribution in [3.05, 3.63) is 68.3 Å². The highest BCUT2D eigenvalue weighted by molar-refractivity contribution is 7.12. The topological polar surface area (TPSA) is 8.81 Å². The molecule has 4 aromatic rings. The van der Waals surface area contributed by atoms with Gasteiger partial charge in [-0.25, -0.2) is 4.57 Å². The first-order chi connectivity index (χ1) is 12.5. The molecule has 2 nitrogen and oxygen atoms in total. The Morgan fingerprint density at radius 2 is 1.38 bits per heavy atom. The first-order valence-electron chi connectivity index (χ1n) is 8.77. The molecule has 0 bridgehead atoms. The lowest BCUT2D eigenvalue weighted by Gasteiger charge is -2.04. The van der Waals surface area contributed by atoms with E-state index in [1.165, 1.54) is 47.7 Å². The lowest BCUT2D eigenvalue weighted by atomic mass is 10.0. The molecule has 0 saturated carbocycles. The van der Waals surface area contributed by atoms with Crippen LogP contribution >= 0.6 is 22.7 Å². The minimum atomic E-state index is 1.19. The van der Waals surface area contributed by atoms with Gasteiger partial charge in [0.15, 0.2) is 11.4 Å². The number of hydrogen-bond acceptors (Lipinski definition) is 2. The van der Waals surface area contributed by atoms with Crippen molar-refractivity contribution in [1.29, 1.82) is 0 Å². The summed E-state index contributed by atoms with van der Waals surface area (Å²) in [6.07, 6.45) is 2.21. The third-order valence-electron chi connectivity index (χ3n) is 4.73. The second-order valence-corrected chi connectivity index (χ2v) is 9.70. The zero-order valence-corrected chi connectivity index (χ0v) is 17.5. The first-order valence-corrected chi connectivity index (χ1v) is 10.4. The molecule has 26 heavy (non-hydrogen) atoms. The van der Waals surface area contributed by atoms with Crippen molar-refractivity contribution < 1.29 is 4.57 Å². The summed E-state index contributed by atoms with van der Waals surface area (Å²) in [5, 5.41) is 0. The van der Waals surface area contributed by atoms with Crippen LogP contribution in [0.25, 0.3) is 28.2 Å². The number of hydrogen-bond donors (Lipinski definition) is 0. The number of imidazole rings is 1. The van der Waals surface area contributed by atoms with Crippen LogP contribution in [0.4, 0.5) is 0 Å². The molecule has 4 heteroatoms. The van der Waals surface area contributed by atoms with Crippen LogP contribution in [-0.4, -0.2) is 4.57 Å². The van der Waals surface area contributed by atoms with Gasteiger partial charge >= 0.3 is 0 Å². The van der Waals surface area contributed by atoms with Crippen molar-refractivity contribution in [2.75, 3.05) is 0 Å². The van der Waals surface area contributed by atoms with E-state index in [-0.39, 0.29) is 0 Å². The quantitative estimate of drug-likeness (QED) is 0.386. The Kier molecular flexibility index (Phi) is 4.33. The fourth-order valence-electron chi connectivity index (χ4n) is 3.66. The molecule has 0 spiro atoms. The fourth-order valence-corrected chi connectivity index (χ4v) is 5.51. The zero-order chi connectivity index (χ0) is 18.4. The molecule has 132 valence electrons. The number of thiophene rings is 2. The number of benzene rings is 1. The van der Waals surface area contributed by atoms with E-state index in [0.717, 1.165) is 0 Å². The number of rotatable bonds is 3. The molecule has 0 fully saturated rings. The van der Waals surface area contributed by atoms with Gasteiger partial charge in [0.25, 0.3) is 0 Å². The van der Waals surface area contributed by atoms with E-state index in [9.17, 15) is 0 Å². The molecular formula is C22H23N2S2+. The highest BCUT2D eigenvalue weighted by Gasteiger charge is 2.29. The summed E-state index contributed by atoms with van der Waals surface area (Å²) in [6.45, 7) is 8.83. The highest BCUT2D eigenvalue weighted by atomic mass is 32.1. The molecular weight excluding hydrogens is 356 g/mol. The largest absolute Gasteiger partial charge is 0.249 e. The average Bonchev–Trinajstić information content (AvgIpc) is 3.22. The van der Waals surface area contributed by atoms with Crippen LogP contribution in [0.2, 0.25) is 0 Å². The first kappa shape index (κ1) is 17.3. The minimum absolute atomic E-state index is 1.19. The Morgan fingerprint density at radius 1 is 0.808 bits per heavy atom. The van der Waals surface area contributed by atoms with Crippen molar-refractivity contribution >= 4 is 22.7 Å². The van der Waals surface area contributed by atoms with Crippen LogP contribution in [0.5, 0.6) is 0 Å². The van der Waals surface area contributed by atoms with Gasteiger partial charge in [-0.05, 0) is 52.0 Å². The van der Waals surface area contributed by atoms with Crippen molar-refractivity contribution in [2.45, 2.75) is 27.7 Å². The monoisotopic (exact) mass is 379 g/mol. The van der Waals surface area contributed by atoms with Gasteiger partial charge in [0, 0.05) is 30.6 Å². The van der Waals surface area contributed by atoms with Crippen LogP contribution in [0.15, 0.2) is 48.8 Å². The molecule has 3 aromatic heterocycles. The predicted octanol–water partition coefficient (Wildman–Crippen LogP) is 5.99. The Morgan fingerprint density at radius 3 is 1.92 bits per heavy atom. The van der Waals surface area contributed by atoms with E-state index in [4.69, 9.17) is 0 Å². The predicted molar refractivity (Wildman–Crippen MR) is 113 cm³/mol. The van der Waals surface area contributed by atoms with E-state index in [1.54, 1.807) is 0 Å². The number of nitrogens with zero attached hydrogens (tertiary/aromatic N) is 2. The minimum Gasteiger partial charge on any atom is -0.232 e. The van der Waals surface area contributed by atoms with Gasteiger partial charge in [0.1, 0.15) is 5.69 Å². The van der Waals surface area contributed by atoms with E-state index in [2.05, 4.69) is 92.7 Å². The summed E-state index contributed by atoms with van der Waals surface area (Å²) < 4.78 is 4.60. The molecule has 1 aromatic carbocycles. The van der Waals surface area contributed by atoms with Crippen LogP contribution in [0, 0.1) is 27.7 Å². The third-order valence-corrected chi connectivity index (χ3v) is 6.66. The van der Waals surface area contributed by atoms with E-state index in [0.29, 0.717) is 0 Å². The normalized spacial score (nSPS) is 11.3. The maximum atomic E-state index is 2.33. The van der Waals surface area contributed by atoms with Gasteiger partial charge in [-0.3, -0.25) is 0 Å². The maximum absolute atomic E-state index is 2.33.